The van der Waals surface area contributed by atoms with Crippen molar-refractivity contribution in [2.24, 2.45) is 12.0 Å². The molecule has 1 unspecified atom stereocenters. The maximum atomic E-state index is 15.5. The highest BCUT2D eigenvalue weighted by atomic mass is 32.2. The minimum Gasteiger partial charge on any atom is -0.477 e. The Bertz CT molecular complexity index is 2500. The number of hydrogen-bond acceptors (Lipinski definition) is 10. The fourth-order valence-electron chi connectivity index (χ4n) is 6.78. The Balaban J connectivity index is 1.08. The number of aromatic nitrogens is 3. The number of carboxylic acid groups (broad SMARTS) is 1. The van der Waals surface area contributed by atoms with E-state index in [1.807, 2.05) is 36.1 Å². The van der Waals surface area contributed by atoms with Crippen molar-refractivity contribution in [2.75, 3.05) is 40.8 Å². The third-order valence-corrected chi connectivity index (χ3v) is 10.8. The van der Waals surface area contributed by atoms with E-state index in [2.05, 4.69) is 24.6 Å². The number of para-hydroxylation sites is 1. The summed E-state index contributed by atoms with van der Waals surface area (Å²) in [5, 5.41) is 9.39. The molecule has 2 aromatic heterocycles. The summed E-state index contributed by atoms with van der Waals surface area (Å²) in [6.07, 6.45) is 1.24. The number of anilines is 3. The normalized spacial score (nSPS) is 17.1. The van der Waals surface area contributed by atoms with Crippen LogP contribution in [0.2, 0.25) is 0 Å². The highest BCUT2D eigenvalue weighted by Crippen LogP contribution is 2.33. The molecule has 0 radical (unpaired) electrons. The van der Waals surface area contributed by atoms with E-state index >= 15 is 4.39 Å². The second kappa shape index (κ2) is 13.5. The van der Waals surface area contributed by atoms with Crippen LogP contribution in [0.25, 0.3) is 10.9 Å². The lowest BCUT2D eigenvalue weighted by Crippen LogP contribution is -2.55. The quantitative estimate of drug-likeness (QED) is 0.235. The van der Waals surface area contributed by atoms with Crippen LogP contribution in [0.1, 0.15) is 34.2 Å². The van der Waals surface area contributed by atoms with Crippen LogP contribution in [0.5, 0.6) is 0 Å². The van der Waals surface area contributed by atoms with Crippen LogP contribution >= 0.6 is 0 Å². The van der Waals surface area contributed by atoms with Crippen molar-refractivity contribution in [1.29, 1.82) is 0 Å². The van der Waals surface area contributed by atoms with Crippen molar-refractivity contribution in [1.82, 2.24) is 19.4 Å². The Labute approximate surface area is 303 Å². The van der Waals surface area contributed by atoms with Gasteiger partial charge in [0.05, 0.1) is 34.1 Å². The van der Waals surface area contributed by atoms with Gasteiger partial charge in [0.25, 0.3) is 15.9 Å². The van der Waals surface area contributed by atoms with Crippen LogP contribution in [-0.4, -0.2) is 82.9 Å². The summed E-state index contributed by atoms with van der Waals surface area (Å²) >= 11 is 0. The highest BCUT2D eigenvalue weighted by molar-refractivity contribution is 7.92. The van der Waals surface area contributed by atoms with Gasteiger partial charge in [0, 0.05) is 61.3 Å². The van der Waals surface area contributed by atoms with Crippen molar-refractivity contribution >= 4 is 61.5 Å². The fourth-order valence-corrected chi connectivity index (χ4v) is 7.73. The summed E-state index contributed by atoms with van der Waals surface area (Å²) in [7, 11) is -2.37. The second-order valence-corrected chi connectivity index (χ2v) is 14.8. The third-order valence-electron chi connectivity index (χ3n) is 9.41. The lowest BCUT2D eigenvalue weighted by atomic mass is 10.1. The van der Waals surface area contributed by atoms with Crippen molar-refractivity contribution in [2.45, 2.75) is 31.7 Å². The van der Waals surface area contributed by atoms with Crippen LogP contribution in [0.15, 0.2) is 87.6 Å². The van der Waals surface area contributed by atoms with Gasteiger partial charge in [-0.1, -0.05) is 18.2 Å². The molecule has 0 bridgehead atoms. The van der Waals surface area contributed by atoms with Crippen molar-refractivity contribution in [3.05, 3.63) is 111 Å². The Morgan fingerprint density at radius 1 is 1.00 bits per heavy atom. The van der Waals surface area contributed by atoms with E-state index in [0.717, 1.165) is 6.07 Å². The molecule has 1 atom stereocenters. The summed E-state index contributed by atoms with van der Waals surface area (Å²) in [4.78, 5) is 56.8. The number of piperazine rings is 1. The molecule has 2 N–H and O–H groups in total. The molecule has 5 aromatic rings. The Morgan fingerprint density at radius 2 is 1.70 bits per heavy atom. The molecule has 2 aliphatic heterocycles. The number of carbonyl (C=O) groups is 2. The van der Waals surface area contributed by atoms with Crippen LogP contribution < -0.4 is 20.0 Å². The van der Waals surface area contributed by atoms with Crippen LogP contribution in [0, 0.1) is 19.7 Å². The number of aliphatic imine (C=N–C) groups is 1. The molecule has 0 saturated carbocycles. The summed E-state index contributed by atoms with van der Waals surface area (Å²) in [6.45, 7) is 7.07. The lowest BCUT2D eigenvalue weighted by molar-refractivity contribution is -0.112. The van der Waals surface area contributed by atoms with Gasteiger partial charge in [-0.2, -0.15) is 0 Å². The minimum absolute atomic E-state index is 0.00899. The maximum Gasteiger partial charge on any atom is 0.341 e. The number of carboxylic acids is 1. The Hall–Kier alpha value is -6.00. The number of rotatable bonds is 8. The van der Waals surface area contributed by atoms with E-state index in [-0.39, 0.29) is 40.6 Å². The maximum absolute atomic E-state index is 15.5. The summed E-state index contributed by atoms with van der Waals surface area (Å²) in [6, 6.07) is 17.5. The number of benzene rings is 3. The minimum atomic E-state index is -3.98. The van der Waals surface area contributed by atoms with E-state index in [9.17, 15) is 27.9 Å². The summed E-state index contributed by atoms with van der Waals surface area (Å²) in [5.41, 5.74) is 2.73. The first-order chi connectivity index (χ1) is 25.2. The predicted molar refractivity (Wildman–Crippen MR) is 198 cm³/mol. The largest absolute Gasteiger partial charge is 0.477 e. The van der Waals surface area contributed by atoms with Crippen LogP contribution in [0.3, 0.4) is 0 Å². The zero-order valence-corrected chi connectivity index (χ0v) is 30.1. The summed E-state index contributed by atoms with van der Waals surface area (Å²) in [5.74, 6) is -2.34. The predicted octanol–water partition coefficient (Wildman–Crippen LogP) is 4.22. The molecular formula is C37H35FN8O6S. The molecule has 4 heterocycles. The molecular weight excluding hydrogens is 704 g/mol. The number of halogens is 1. The monoisotopic (exact) mass is 738 g/mol. The fraction of sp³-hybridized carbons (Fsp3) is 0.243. The number of nitrogens with zero attached hydrogens (tertiary/aromatic N) is 7. The topological polar surface area (TPSA) is 170 Å². The van der Waals surface area contributed by atoms with Gasteiger partial charge >= 0.3 is 5.97 Å². The first kappa shape index (κ1) is 35.4. The van der Waals surface area contributed by atoms with Gasteiger partial charge < -0.3 is 14.6 Å². The van der Waals surface area contributed by atoms with Gasteiger partial charge in [0.2, 0.25) is 11.4 Å². The van der Waals surface area contributed by atoms with Gasteiger partial charge in [0.15, 0.2) is 0 Å². The second-order valence-electron chi connectivity index (χ2n) is 13.1. The molecule has 1 fully saturated rings. The van der Waals surface area contributed by atoms with E-state index in [1.165, 1.54) is 35.0 Å². The molecule has 0 aliphatic carbocycles. The van der Waals surface area contributed by atoms with Gasteiger partial charge in [0.1, 0.15) is 17.1 Å². The van der Waals surface area contributed by atoms with E-state index in [0.29, 0.717) is 59.2 Å². The Morgan fingerprint density at radius 3 is 2.38 bits per heavy atom. The average molecular weight is 739 g/mol. The smallest absolute Gasteiger partial charge is 0.341 e. The zero-order chi connectivity index (χ0) is 37.8. The van der Waals surface area contributed by atoms with Crippen LogP contribution in [-0.2, 0) is 21.9 Å². The first-order valence-corrected chi connectivity index (χ1v) is 18.2. The molecule has 1 amide bonds. The Kier molecular flexibility index (Phi) is 9.03. The van der Waals surface area contributed by atoms with Gasteiger partial charge in [-0.05, 0) is 69.3 Å². The average Bonchev–Trinajstić information content (AvgIpc) is 3.36. The molecule has 0 spiro atoms. The van der Waals surface area contributed by atoms with E-state index in [1.54, 1.807) is 37.9 Å². The SMILES string of the molecule is Cc1cc(C)nc(NS(=O)(=O)c2ccc(N=C3C(=O)N(CN4CCN(c5cc6c(cc5F)c(=O)c(C(=O)O)cn6C)CC4C)c4ccccc43)cc2)n1. The molecule has 7 rings (SSSR count). The number of pyridine rings is 1. The van der Waals surface area contributed by atoms with Crippen LogP contribution in [0.4, 0.5) is 27.4 Å². The molecule has 14 nitrogen and oxygen atoms in total. The number of aryl methyl sites for hydroxylation is 3. The van der Waals surface area contributed by atoms with Gasteiger partial charge in [-0.3, -0.25) is 19.4 Å². The van der Waals surface area contributed by atoms with Crippen molar-refractivity contribution in [3.8, 4) is 0 Å². The molecule has 3 aromatic carbocycles. The lowest BCUT2D eigenvalue weighted by Gasteiger charge is -2.42. The standard InChI is InChI=1S/C37H35FN8O6S/c1-21-15-22(2)40-37(39-21)42-53(51,52)25-11-9-24(10-12-25)41-33-26-7-5-6-8-30(26)46(35(33)48)20-45-14-13-44(18-23(45)3)32-17-31-27(16-29(32)38)34(47)28(36(49)50)19-43(31)4/h5-12,15-17,19,23H,13-14,18,20H2,1-4H3,(H,49,50)(H,39,40,42). The van der Waals surface area contributed by atoms with Gasteiger partial charge in [-0.25, -0.2) is 37.3 Å². The van der Waals surface area contributed by atoms with E-state index < -0.39 is 32.8 Å². The molecule has 272 valence electrons. The summed E-state index contributed by atoms with van der Waals surface area (Å²) < 4.78 is 45.5. The third kappa shape index (κ3) is 6.73. The van der Waals surface area contributed by atoms with E-state index in [4.69, 9.17) is 0 Å². The van der Waals surface area contributed by atoms with Gasteiger partial charge in [-0.15, -0.1) is 0 Å². The number of hydrogen-bond donors (Lipinski definition) is 2. The number of fused-ring (bicyclic) bond motifs is 2. The molecule has 1 saturated heterocycles. The number of nitrogens with one attached hydrogen (secondary N) is 1. The molecule has 2 aliphatic rings. The molecule has 16 heteroatoms. The number of carbonyl (C=O) groups excluding carboxylic acids is 1. The number of amides is 1. The van der Waals surface area contributed by atoms with Crippen molar-refractivity contribution in [3.63, 3.8) is 0 Å². The zero-order valence-electron chi connectivity index (χ0n) is 29.2. The van der Waals surface area contributed by atoms with Crippen molar-refractivity contribution < 1.29 is 27.5 Å². The molecule has 53 heavy (non-hydrogen) atoms. The number of aromatic carboxylic acids is 1. The number of sulfonamides is 1. The highest BCUT2D eigenvalue weighted by Gasteiger charge is 2.37. The first-order valence-electron chi connectivity index (χ1n) is 16.7.